The summed E-state index contributed by atoms with van der Waals surface area (Å²) in [7, 11) is 1.73. The molecule has 0 saturated heterocycles. The van der Waals surface area contributed by atoms with Crippen molar-refractivity contribution < 1.29 is 9.50 Å². The van der Waals surface area contributed by atoms with Gasteiger partial charge in [0, 0.05) is 13.6 Å². The summed E-state index contributed by atoms with van der Waals surface area (Å²) < 4.78 is 13.6. The molecule has 2 aromatic carbocycles. The van der Waals surface area contributed by atoms with Crippen LogP contribution in [0.2, 0.25) is 0 Å². The lowest BCUT2D eigenvalue weighted by molar-refractivity contribution is 0.185. The Labute approximate surface area is 117 Å². The third-order valence-corrected chi connectivity index (χ3v) is 3.14. The highest BCUT2D eigenvalue weighted by atomic mass is 19.1. The molecule has 3 nitrogen and oxygen atoms in total. The number of nitrogens with zero attached hydrogens (tertiary/aromatic N) is 2. The van der Waals surface area contributed by atoms with Crippen LogP contribution in [0.1, 0.15) is 17.2 Å². The molecule has 0 heterocycles. The van der Waals surface area contributed by atoms with E-state index in [2.05, 4.69) is 0 Å². The Bertz CT molecular complexity index is 619. The predicted octanol–water partition coefficient (Wildman–Crippen LogP) is 2.87. The maximum Gasteiger partial charge on any atom is 0.146 e. The van der Waals surface area contributed by atoms with Gasteiger partial charge in [-0.1, -0.05) is 24.3 Å². The van der Waals surface area contributed by atoms with E-state index in [4.69, 9.17) is 5.26 Å². The van der Waals surface area contributed by atoms with Crippen LogP contribution in [0.4, 0.5) is 10.1 Å². The van der Waals surface area contributed by atoms with Crippen molar-refractivity contribution in [1.29, 1.82) is 5.26 Å². The summed E-state index contributed by atoms with van der Waals surface area (Å²) in [6.07, 6.45) is -0.743. The summed E-state index contributed by atoms with van der Waals surface area (Å²) in [5.41, 5.74) is 1.69. The van der Waals surface area contributed by atoms with Crippen LogP contribution in [0.3, 0.4) is 0 Å². The first-order valence-electron chi connectivity index (χ1n) is 6.25. The molecule has 20 heavy (non-hydrogen) atoms. The fourth-order valence-electron chi connectivity index (χ4n) is 2.00. The molecule has 102 valence electrons. The van der Waals surface area contributed by atoms with Crippen LogP contribution in [0.15, 0.2) is 48.5 Å². The van der Waals surface area contributed by atoms with E-state index in [9.17, 15) is 9.50 Å². The van der Waals surface area contributed by atoms with E-state index in [0.717, 1.165) is 0 Å². The second-order valence-electron chi connectivity index (χ2n) is 4.58. The lowest BCUT2D eigenvalue weighted by Gasteiger charge is -2.23. The highest BCUT2D eigenvalue weighted by Crippen LogP contribution is 2.21. The number of aliphatic hydroxyl groups is 1. The molecule has 0 saturated carbocycles. The Morgan fingerprint density at radius 2 is 1.85 bits per heavy atom. The molecule has 0 fully saturated rings. The van der Waals surface area contributed by atoms with E-state index in [0.29, 0.717) is 16.8 Å². The van der Waals surface area contributed by atoms with E-state index >= 15 is 0 Å². The molecule has 4 heteroatoms. The van der Waals surface area contributed by atoms with E-state index in [-0.39, 0.29) is 12.4 Å². The van der Waals surface area contributed by atoms with E-state index in [1.54, 1.807) is 54.4 Å². The molecule has 0 aliphatic rings. The van der Waals surface area contributed by atoms with Gasteiger partial charge < -0.3 is 10.0 Å². The minimum Gasteiger partial charge on any atom is -0.387 e. The second-order valence-corrected chi connectivity index (χ2v) is 4.58. The van der Waals surface area contributed by atoms with Gasteiger partial charge in [-0.15, -0.1) is 0 Å². The first kappa shape index (κ1) is 14.0. The topological polar surface area (TPSA) is 47.3 Å². The molecule has 1 atom stereocenters. The van der Waals surface area contributed by atoms with Gasteiger partial charge in [-0.05, 0) is 29.8 Å². The van der Waals surface area contributed by atoms with Crippen LogP contribution in [0.25, 0.3) is 0 Å². The fourth-order valence-corrected chi connectivity index (χ4v) is 2.00. The molecule has 0 aromatic heterocycles. The quantitative estimate of drug-likeness (QED) is 0.929. The Balaban J connectivity index is 2.09. The van der Waals surface area contributed by atoms with Crippen molar-refractivity contribution in [2.75, 3.05) is 18.5 Å². The summed E-state index contributed by atoms with van der Waals surface area (Å²) in [6.45, 7) is 0.271. The summed E-state index contributed by atoms with van der Waals surface area (Å²) in [4.78, 5) is 1.66. The summed E-state index contributed by atoms with van der Waals surface area (Å²) in [5, 5.41) is 18.9. The third-order valence-electron chi connectivity index (χ3n) is 3.14. The molecule has 0 radical (unpaired) electrons. The van der Waals surface area contributed by atoms with Gasteiger partial charge in [-0.25, -0.2) is 4.39 Å². The zero-order valence-corrected chi connectivity index (χ0v) is 11.1. The molecule has 0 spiro atoms. The minimum absolute atomic E-state index is 0.271. The van der Waals surface area contributed by atoms with Gasteiger partial charge in [0.15, 0.2) is 0 Å². The number of likely N-dealkylation sites (N-methyl/N-ethyl adjacent to an activating group) is 1. The average Bonchev–Trinajstić information content (AvgIpc) is 2.47. The highest BCUT2D eigenvalue weighted by Gasteiger charge is 2.13. The van der Waals surface area contributed by atoms with Gasteiger partial charge in [-0.2, -0.15) is 5.26 Å². The van der Waals surface area contributed by atoms with Gasteiger partial charge >= 0.3 is 0 Å². The predicted molar refractivity (Wildman–Crippen MR) is 75.8 cm³/mol. The van der Waals surface area contributed by atoms with Crippen molar-refractivity contribution in [1.82, 2.24) is 0 Å². The van der Waals surface area contributed by atoms with Crippen LogP contribution in [-0.4, -0.2) is 18.7 Å². The highest BCUT2D eigenvalue weighted by molar-refractivity contribution is 5.47. The summed E-state index contributed by atoms with van der Waals surface area (Å²) >= 11 is 0. The number of hydrogen-bond acceptors (Lipinski definition) is 3. The number of anilines is 1. The molecule has 0 amide bonds. The van der Waals surface area contributed by atoms with Crippen molar-refractivity contribution in [2.24, 2.45) is 0 Å². The van der Waals surface area contributed by atoms with Gasteiger partial charge in [-0.3, -0.25) is 0 Å². The van der Waals surface area contributed by atoms with E-state index in [1.807, 2.05) is 6.07 Å². The van der Waals surface area contributed by atoms with Gasteiger partial charge in [0.25, 0.3) is 0 Å². The Morgan fingerprint density at radius 3 is 2.45 bits per heavy atom. The Morgan fingerprint density at radius 1 is 1.20 bits per heavy atom. The fraction of sp³-hybridized carbons (Fsp3) is 0.188. The zero-order valence-electron chi connectivity index (χ0n) is 11.1. The van der Waals surface area contributed by atoms with Crippen LogP contribution in [0, 0.1) is 17.1 Å². The van der Waals surface area contributed by atoms with Crippen LogP contribution in [-0.2, 0) is 0 Å². The number of nitriles is 1. The first-order chi connectivity index (χ1) is 9.61. The maximum absolute atomic E-state index is 13.6. The SMILES string of the molecule is CN(CC(O)c1ccc(C#N)cc1)c1ccccc1F. The molecular weight excluding hydrogens is 255 g/mol. The van der Waals surface area contributed by atoms with Crippen molar-refractivity contribution >= 4 is 5.69 Å². The molecule has 0 aliphatic heterocycles. The third kappa shape index (κ3) is 3.14. The molecule has 1 N–H and O–H groups in total. The summed E-state index contributed by atoms with van der Waals surface area (Å²) in [5.74, 6) is -0.318. The Kier molecular flexibility index (Phi) is 4.34. The molecule has 2 aromatic rings. The number of halogens is 1. The number of para-hydroxylation sites is 1. The zero-order chi connectivity index (χ0) is 14.5. The maximum atomic E-state index is 13.6. The standard InChI is InChI=1S/C16H15FN2O/c1-19(15-5-3-2-4-14(15)17)11-16(20)13-8-6-12(10-18)7-9-13/h2-9,16,20H,11H2,1H3. The van der Waals surface area contributed by atoms with Gasteiger partial charge in [0.2, 0.25) is 0 Å². The summed E-state index contributed by atoms with van der Waals surface area (Å²) in [6, 6.07) is 15.2. The number of rotatable bonds is 4. The number of hydrogen-bond donors (Lipinski definition) is 1. The smallest absolute Gasteiger partial charge is 0.146 e. The minimum atomic E-state index is -0.743. The van der Waals surface area contributed by atoms with Crippen LogP contribution in [0.5, 0.6) is 0 Å². The monoisotopic (exact) mass is 270 g/mol. The van der Waals surface area contributed by atoms with Crippen molar-refractivity contribution in [2.45, 2.75) is 6.10 Å². The largest absolute Gasteiger partial charge is 0.387 e. The second kappa shape index (κ2) is 6.18. The normalized spacial score (nSPS) is 11.7. The van der Waals surface area contributed by atoms with Crippen LogP contribution < -0.4 is 4.90 Å². The molecule has 2 rings (SSSR count). The van der Waals surface area contributed by atoms with Crippen molar-refractivity contribution in [3.05, 3.63) is 65.5 Å². The van der Waals surface area contributed by atoms with Crippen LogP contribution >= 0.6 is 0 Å². The molecule has 1 unspecified atom stereocenters. The average molecular weight is 270 g/mol. The number of aliphatic hydroxyl groups excluding tert-OH is 1. The Hall–Kier alpha value is -2.38. The first-order valence-corrected chi connectivity index (χ1v) is 6.25. The van der Waals surface area contributed by atoms with Crippen molar-refractivity contribution in [3.8, 4) is 6.07 Å². The molecular formula is C16H15FN2O. The van der Waals surface area contributed by atoms with Gasteiger partial charge in [0.1, 0.15) is 5.82 Å². The van der Waals surface area contributed by atoms with Gasteiger partial charge in [0.05, 0.1) is 23.4 Å². The lowest BCUT2D eigenvalue weighted by atomic mass is 10.1. The molecule has 0 bridgehead atoms. The van der Waals surface area contributed by atoms with E-state index in [1.165, 1.54) is 6.07 Å². The van der Waals surface area contributed by atoms with Crippen molar-refractivity contribution in [3.63, 3.8) is 0 Å². The van der Waals surface area contributed by atoms with E-state index < -0.39 is 6.10 Å². The molecule has 0 aliphatic carbocycles. The number of benzene rings is 2. The lowest BCUT2D eigenvalue weighted by Crippen LogP contribution is -2.24.